The minimum atomic E-state index is -0.594. The molecule has 0 radical (unpaired) electrons. The number of thiophene rings is 1. The van der Waals surface area contributed by atoms with Gasteiger partial charge in [-0.25, -0.2) is 0 Å². The maximum absolute atomic E-state index is 12.3. The average Bonchev–Trinajstić information content (AvgIpc) is 2.83. The van der Waals surface area contributed by atoms with Crippen LogP contribution in [0.5, 0.6) is 0 Å². The number of nitrogens with one attached hydrogen (secondary N) is 1. The number of nitrogens with zero attached hydrogens (tertiary/aromatic N) is 1. The van der Waals surface area contributed by atoms with Crippen LogP contribution < -0.4 is 5.32 Å². The normalized spacial score (nSPS) is 10.8. The van der Waals surface area contributed by atoms with Gasteiger partial charge in [0.2, 0.25) is 0 Å². The lowest BCUT2D eigenvalue weighted by Crippen LogP contribution is -2.13. The van der Waals surface area contributed by atoms with Gasteiger partial charge < -0.3 is 5.32 Å². The average molecular weight is 339 g/mol. The molecule has 7 heteroatoms. The summed E-state index contributed by atoms with van der Waals surface area (Å²) in [5.74, 6) is -0.146. The number of rotatable bonds is 4. The Morgan fingerprint density at radius 2 is 2.09 bits per heavy atom. The highest BCUT2D eigenvalue weighted by atomic mass is 35.5. The third kappa shape index (κ3) is 3.28. The first-order valence-corrected chi connectivity index (χ1v) is 7.85. The monoisotopic (exact) mass is 338 g/mol. The second kappa shape index (κ2) is 6.46. The molecule has 0 bridgehead atoms. The topological polar surface area (TPSA) is 72.2 Å². The second-order valence-electron chi connectivity index (χ2n) is 5.17. The highest BCUT2D eigenvalue weighted by Crippen LogP contribution is 2.35. The molecule has 2 rings (SSSR count). The number of nitro groups is 1. The third-order valence-corrected chi connectivity index (χ3v) is 4.59. The van der Waals surface area contributed by atoms with Crippen LogP contribution in [0.3, 0.4) is 0 Å². The van der Waals surface area contributed by atoms with E-state index in [0.717, 1.165) is 28.2 Å². The highest BCUT2D eigenvalue weighted by molar-refractivity contribution is 7.18. The summed E-state index contributed by atoms with van der Waals surface area (Å²) in [6, 6.07) is 7.01. The van der Waals surface area contributed by atoms with E-state index < -0.39 is 10.8 Å². The molecular weight excluding hydrogens is 324 g/mol. The maximum atomic E-state index is 12.3. The summed E-state index contributed by atoms with van der Waals surface area (Å²) in [6.45, 7) is 5.99. The standard InChI is InChI=1S/C15H15ClN2O3S/c1-8(2)10-6-4-5-9(3)13(10)17-15(19)12-7-11(18(20)21)14(16)22-12/h4-8H,1-3H3,(H,17,19). The summed E-state index contributed by atoms with van der Waals surface area (Å²) in [5, 5.41) is 13.7. The fourth-order valence-electron chi connectivity index (χ4n) is 2.11. The van der Waals surface area contributed by atoms with Crippen molar-refractivity contribution in [1.82, 2.24) is 0 Å². The second-order valence-corrected chi connectivity index (χ2v) is 6.83. The number of para-hydroxylation sites is 1. The first-order valence-electron chi connectivity index (χ1n) is 6.65. The number of carbonyl (C=O) groups is 1. The molecule has 0 aliphatic heterocycles. The number of hydrogen-bond acceptors (Lipinski definition) is 4. The molecule has 0 spiro atoms. The molecular formula is C15H15ClN2O3S. The van der Waals surface area contributed by atoms with Crippen molar-refractivity contribution in [3.05, 3.63) is 54.7 Å². The molecule has 2 aromatic rings. The van der Waals surface area contributed by atoms with Gasteiger partial charge in [0.05, 0.1) is 4.92 Å². The molecule has 1 aromatic heterocycles. The van der Waals surface area contributed by atoms with E-state index in [1.807, 2.05) is 39.0 Å². The summed E-state index contributed by atoms with van der Waals surface area (Å²) in [5.41, 5.74) is 2.46. The molecule has 0 unspecified atom stereocenters. The van der Waals surface area contributed by atoms with Gasteiger partial charge >= 0.3 is 0 Å². The number of carbonyl (C=O) groups excluding carboxylic acids is 1. The van der Waals surface area contributed by atoms with Crippen LogP contribution in [0.4, 0.5) is 11.4 Å². The molecule has 1 heterocycles. The van der Waals surface area contributed by atoms with Gasteiger partial charge in [0, 0.05) is 11.8 Å². The van der Waals surface area contributed by atoms with Gasteiger partial charge in [-0.2, -0.15) is 0 Å². The number of aryl methyl sites for hydroxylation is 1. The summed E-state index contributed by atoms with van der Waals surface area (Å²) < 4.78 is 0.00372. The molecule has 0 aliphatic rings. The number of halogens is 1. The Kier molecular flexibility index (Phi) is 4.83. The molecule has 1 N–H and O–H groups in total. The van der Waals surface area contributed by atoms with Crippen LogP contribution in [-0.2, 0) is 0 Å². The van der Waals surface area contributed by atoms with E-state index in [1.54, 1.807) is 0 Å². The predicted molar refractivity (Wildman–Crippen MR) is 89.2 cm³/mol. The van der Waals surface area contributed by atoms with Gasteiger partial charge in [0.1, 0.15) is 4.88 Å². The SMILES string of the molecule is Cc1cccc(C(C)C)c1NC(=O)c1cc([N+](=O)[O-])c(Cl)s1. The molecule has 1 aromatic carbocycles. The molecule has 5 nitrogen and oxygen atoms in total. The van der Waals surface area contributed by atoms with Gasteiger partial charge in [0.15, 0.2) is 4.34 Å². The van der Waals surface area contributed by atoms with Gasteiger partial charge in [-0.05, 0) is 24.0 Å². The van der Waals surface area contributed by atoms with Crippen molar-refractivity contribution < 1.29 is 9.72 Å². The van der Waals surface area contributed by atoms with Gasteiger partial charge in [-0.15, -0.1) is 11.3 Å². The highest BCUT2D eigenvalue weighted by Gasteiger charge is 2.22. The predicted octanol–water partition coefficient (Wildman–Crippen LogP) is 4.99. The molecule has 0 aliphatic carbocycles. The molecule has 0 atom stereocenters. The molecule has 1 amide bonds. The molecule has 0 fully saturated rings. The van der Waals surface area contributed by atoms with E-state index in [2.05, 4.69) is 5.32 Å². The van der Waals surface area contributed by atoms with E-state index in [9.17, 15) is 14.9 Å². The van der Waals surface area contributed by atoms with Gasteiger partial charge in [0.25, 0.3) is 11.6 Å². The Bertz CT molecular complexity index is 740. The van der Waals surface area contributed by atoms with Crippen molar-refractivity contribution in [2.24, 2.45) is 0 Å². The third-order valence-electron chi connectivity index (χ3n) is 3.25. The number of hydrogen-bond donors (Lipinski definition) is 1. The van der Waals surface area contributed by atoms with E-state index >= 15 is 0 Å². The molecule has 116 valence electrons. The minimum Gasteiger partial charge on any atom is -0.321 e. The van der Waals surface area contributed by atoms with E-state index in [-0.39, 0.29) is 20.8 Å². The van der Waals surface area contributed by atoms with Gasteiger partial charge in [-0.3, -0.25) is 14.9 Å². The Morgan fingerprint density at radius 1 is 1.41 bits per heavy atom. The molecule has 0 saturated heterocycles. The Labute approximate surface area is 137 Å². The van der Waals surface area contributed by atoms with Crippen molar-refractivity contribution in [2.75, 3.05) is 5.32 Å². The maximum Gasteiger partial charge on any atom is 0.299 e. The zero-order chi connectivity index (χ0) is 16.4. The summed E-state index contributed by atoms with van der Waals surface area (Å²) in [4.78, 5) is 22.8. The number of amides is 1. The Balaban J connectivity index is 2.34. The van der Waals surface area contributed by atoms with Crippen LogP contribution in [0.1, 0.15) is 40.6 Å². The number of benzene rings is 1. The zero-order valence-corrected chi connectivity index (χ0v) is 13.9. The summed E-state index contributed by atoms with van der Waals surface area (Å²) >= 11 is 6.70. The lowest BCUT2D eigenvalue weighted by atomic mass is 9.98. The van der Waals surface area contributed by atoms with Crippen molar-refractivity contribution in [3.63, 3.8) is 0 Å². The van der Waals surface area contributed by atoms with Crippen molar-refractivity contribution in [1.29, 1.82) is 0 Å². The van der Waals surface area contributed by atoms with Crippen LogP contribution in [-0.4, -0.2) is 10.8 Å². The Hall–Kier alpha value is -1.92. The van der Waals surface area contributed by atoms with Crippen LogP contribution in [0.25, 0.3) is 0 Å². The van der Waals surface area contributed by atoms with Crippen molar-refractivity contribution >= 4 is 40.2 Å². The summed E-state index contributed by atoms with van der Waals surface area (Å²) in [6.07, 6.45) is 0. The molecule has 22 heavy (non-hydrogen) atoms. The zero-order valence-electron chi connectivity index (χ0n) is 12.3. The van der Waals surface area contributed by atoms with E-state index in [4.69, 9.17) is 11.6 Å². The fraction of sp³-hybridized carbons (Fsp3) is 0.267. The molecule has 0 saturated carbocycles. The van der Waals surface area contributed by atoms with E-state index in [1.165, 1.54) is 6.07 Å². The summed E-state index contributed by atoms with van der Waals surface area (Å²) in [7, 11) is 0. The number of anilines is 1. The van der Waals surface area contributed by atoms with Crippen LogP contribution >= 0.6 is 22.9 Å². The van der Waals surface area contributed by atoms with Crippen LogP contribution in [0.2, 0.25) is 4.34 Å². The van der Waals surface area contributed by atoms with Crippen molar-refractivity contribution in [2.45, 2.75) is 26.7 Å². The van der Waals surface area contributed by atoms with Crippen LogP contribution in [0, 0.1) is 17.0 Å². The first-order chi connectivity index (χ1) is 10.3. The Morgan fingerprint density at radius 3 is 2.64 bits per heavy atom. The first kappa shape index (κ1) is 16.5. The minimum absolute atomic E-state index is 0.00372. The van der Waals surface area contributed by atoms with Gasteiger partial charge in [-0.1, -0.05) is 43.6 Å². The lowest BCUT2D eigenvalue weighted by Gasteiger charge is -2.15. The van der Waals surface area contributed by atoms with Crippen molar-refractivity contribution in [3.8, 4) is 0 Å². The largest absolute Gasteiger partial charge is 0.321 e. The lowest BCUT2D eigenvalue weighted by molar-refractivity contribution is -0.384. The van der Waals surface area contributed by atoms with E-state index in [0.29, 0.717) is 0 Å². The fourth-order valence-corrected chi connectivity index (χ4v) is 3.23. The van der Waals surface area contributed by atoms with Crippen LogP contribution in [0.15, 0.2) is 24.3 Å². The quantitative estimate of drug-likeness (QED) is 0.630. The smallest absolute Gasteiger partial charge is 0.299 e.